The Kier molecular flexibility index (Phi) is 5.76. The van der Waals surface area contributed by atoms with E-state index in [1.54, 1.807) is 7.05 Å². The second-order valence-corrected chi connectivity index (χ2v) is 9.04. The molecule has 156 valence electrons. The first-order chi connectivity index (χ1) is 13.7. The Morgan fingerprint density at radius 3 is 2.48 bits per heavy atom. The highest BCUT2D eigenvalue weighted by molar-refractivity contribution is 7.92. The molecule has 0 aliphatic carbocycles. The average Bonchev–Trinajstić information content (AvgIpc) is 2.66. The number of carbonyl (C=O) groups excluding carboxylic acids is 3. The molecule has 2 amide bonds. The van der Waals surface area contributed by atoms with Gasteiger partial charge in [0.15, 0.2) is 21.3 Å². The number of nitrogens with zero attached hydrogens (tertiary/aromatic N) is 2. The second-order valence-electron chi connectivity index (χ2n) is 6.94. The van der Waals surface area contributed by atoms with Crippen molar-refractivity contribution in [3.05, 3.63) is 47.2 Å². The summed E-state index contributed by atoms with van der Waals surface area (Å²) in [4.78, 5) is 39.3. The summed E-state index contributed by atoms with van der Waals surface area (Å²) in [6, 6.07) is 9.23. The van der Waals surface area contributed by atoms with Crippen LogP contribution in [0.1, 0.15) is 12.5 Å². The number of amides is 2. The number of β-lactam (4-membered cyclic amide) rings is 1. The minimum Gasteiger partial charge on any atom is -0.461 e. The van der Waals surface area contributed by atoms with Crippen LogP contribution < -0.4 is 0 Å². The van der Waals surface area contributed by atoms with Crippen LogP contribution in [-0.2, 0) is 40.2 Å². The topological polar surface area (TPSA) is 110 Å². The predicted molar refractivity (Wildman–Crippen MR) is 102 cm³/mol. The van der Waals surface area contributed by atoms with Crippen LogP contribution in [-0.4, -0.2) is 74.0 Å². The van der Waals surface area contributed by atoms with E-state index in [-0.39, 0.29) is 24.4 Å². The molecule has 9 nitrogen and oxygen atoms in total. The molecule has 2 heterocycles. The van der Waals surface area contributed by atoms with Gasteiger partial charge >= 0.3 is 5.97 Å². The highest BCUT2D eigenvalue weighted by Gasteiger charge is 2.60. The molecule has 3 rings (SSSR count). The lowest BCUT2D eigenvalue weighted by atomic mass is 10.0. The van der Waals surface area contributed by atoms with Gasteiger partial charge in [-0.15, -0.1) is 0 Å². The van der Waals surface area contributed by atoms with Crippen molar-refractivity contribution in [3.8, 4) is 0 Å². The molecule has 1 aromatic carbocycles. The van der Waals surface area contributed by atoms with E-state index in [0.717, 1.165) is 10.5 Å². The third-order valence-corrected chi connectivity index (χ3v) is 6.77. The number of hydrogen-bond acceptors (Lipinski definition) is 7. The van der Waals surface area contributed by atoms with E-state index in [2.05, 4.69) is 0 Å². The standard InChI is InChI=1S/C19H22N2O7S/c1-12(22)28-10-14-11-29(25,26)19-16(27-3)18(24)21(19)15(14)17(23)20(2)9-13-7-5-4-6-8-13/h4-8,16,19H,9-11H2,1-3H3/t16-,19?/m0/s1. The van der Waals surface area contributed by atoms with Crippen LogP contribution in [0.3, 0.4) is 0 Å². The number of likely N-dealkylation sites (N-methyl/N-ethyl adjacent to an activating group) is 1. The van der Waals surface area contributed by atoms with Crippen molar-refractivity contribution in [2.45, 2.75) is 24.9 Å². The van der Waals surface area contributed by atoms with Crippen molar-refractivity contribution in [2.24, 2.45) is 0 Å². The minimum atomic E-state index is -3.81. The number of methoxy groups -OCH3 is 1. The third kappa shape index (κ3) is 3.90. The van der Waals surface area contributed by atoms with Gasteiger partial charge in [-0.1, -0.05) is 30.3 Å². The molecule has 2 aliphatic rings. The zero-order chi connectivity index (χ0) is 21.3. The van der Waals surface area contributed by atoms with Crippen molar-refractivity contribution in [2.75, 3.05) is 26.5 Å². The van der Waals surface area contributed by atoms with Gasteiger partial charge < -0.3 is 14.4 Å². The number of ether oxygens (including phenoxy) is 2. The van der Waals surface area contributed by atoms with E-state index in [1.807, 2.05) is 30.3 Å². The summed E-state index contributed by atoms with van der Waals surface area (Å²) in [5.74, 6) is -2.25. The molecule has 1 fully saturated rings. The fourth-order valence-electron chi connectivity index (χ4n) is 3.47. The predicted octanol–water partition coefficient (Wildman–Crippen LogP) is 0.0739. The number of benzene rings is 1. The molecule has 0 radical (unpaired) electrons. The maximum Gasteiger partial charge on any atom is 0.302 e. The summed E-state index contributed by atoms with van der Waals surface area (Å²) >= 11 is 0. The van der Waals surface area contributed by atoms with Gasteiger partial charge in [0.1, 0.15) is 12.3 Å². The Morgan fingerprint density at radius 1 is 1.24 bits per heavy atom. The van der Waals surface area contributed by atoms with Crippen LogP contribution in [0.15, 0.2) is 41.6 Å². The number of sulfone groups is 1. The molecule has 29 heavy (non-hydrogen) atoms. The molecular weight excluding hydrogens is 400 g/mol. The van der Waals surface area contributed by atoms with Crippen LogP contribution in [0.4, 0.5) is 0 Å². The third-order valence-electron chi connectivity index (χ3n) is 4.83. The quantitative estimate of drug-likeness (QED) is 0.471. The van der Waals surface area contributed by atoms with E-state index < -0.39 is 44.9 Å². The fourth-order valence-corrected chi connectivity index (χ4v) is 5.48. The van der Waals surface area contributed by atoms with Crippen LogP contribution in [0, 0.1) is 0 Å². The normalized spacial score (nSPS) is 22.6. The first-order valence-corrected chi connectivity index (χ1v) is 10.6. The highest BCUT2D eigenvalue weighted by atomic mass is 32.2. The molecule has 0 N–H and O–H groups in total. The minimum absolute atomic E-state index is 0.0668. The summed E-state index contributed by atoms with van der Waals surface area (Å²) in [5.41, 5.74) is 0.877. The van der Waals surface area contributed by atoms with Crippen molar-refractivity contribution in [1.29, 1.82) is 0 Å². The molecule has 1 aromatic rings. The number of esters is 1. The van der Waals surface area contributed by atoms with E-state index in [9.17, 15) is 22.8 Å². The molecule has 2 atom stereocenters. The van der Waals surface area contributed by atoms with E-state index in [1.165, 1.54) is 18.9 Å². The summed E-state index contributed by atoms with van der Waals surface area (Å²) < 4.78 is 35.3. The second kappa shape index (κ2) is 7.96. The molecule has 0 aromatic heterocycles. The van der Waals surface area contributed by atoms with Gasteiger partial charge in [0, 0.05) is 33.2 Å². The molecule has 1 unspecified atom stereocenters. The molecule has 1 saturated heterocycles. The Labute approximate surface area is 168 Å². The Morgan fingerprint density at radius 2 is 1.90 bits per heavy atom. The lowest BCUT2D eigenvalue weighted by Gasteiger charge is -2.49. The van der Waals surface area contributed by atoms with E-state index in [0.29, 0.717) is 0 Å². The lowest BCUT2D eigenvalue weighted by Crippen LogP contribution is -2.71. The Bertz CT molecular complexity index is 972. The highest BCUT2D eigenvalue weighted by Crippen LogP contribution is 2.38. The summed E-state index contributed by atoms with van der Waals surface area (Å²) in [6.45, 7) is 1.06. The smallest absolute Gasteiger partial charge is 0.302 e. The molecular formula is C19H22N2O7S. The van der Waals surface area contributed by atoms with Gasteiger partial charge in [0.25, 0.3) is 11.8 Å². The number of hydrogen-bond donors (Lipinski definition) is 0. The van der Waals surface area contributed by atoms with Crippen LogP contribution in [0.25, 0.3) is 0 Å². The Balaban J connectivity index is 1.98. The van der Waals surface area contributed by atoms with Gasteiger partial charge in [-0.2, -0.15) is 0 Å². The fraction of sp³-hybridized carbons (Fsp3) is 0.421. The van der Waals surface area contributed by atoms with Crippen LogP contribution >= 0.6 is 0 Å². The SMILES string of the molecule is CO[C@H]1C(=O)N2C(C(=O)N(C)Cc3ccccc3)=C(COC(C)=O)CS(=O)(=O)C12. The first-order valence-electron chi connectivity index (χ1n) is 8.89. The Hall–Kier alpha value is -2.72. The largest absolute Gasteiger partial charge is 0.461 e. The molecule has 2 aliphatic heterocycles. The zero-order valence-corrected chi connectivity index (χ0v) is 17.1. The van der Waals surface area contributed by atoms with E-state index >= 15 is 0 Å². The number of fused-ring (bicyclic) bond motifs is 1. The summed E-state index contributed by atoms with van der Waals surface area (Å²) in [5, 5.41) is -1.26. The number of carbonyl (C=O) groups is 3. The van der Waals surface area contributed by atoms with Gasteiger partial charge in [-0.3, -0.25) is 19.3 Å². The summed E-state index contributed by atoms with van der Waals surface area (Å²) in [6.07, 6.45) is -1.16. The molecule has 0 bridgehead atoms. The van der Waals surface area contributed by atoms with Crippen molar-refractivity contribution in [1.82, 2.24) is 9.80 Å². The number of rotatable bonds is 6. The zero-order valence-electron chi connectivity index (χ0n) is 16.3. The first kappa shape index (κ1) is 21.0. The van der Waals surface area contributed by atoms with Crippen LogP contribution in [0.2, 0.25) is 0 Å². The molecule has 10 heteroatoms. The lowest BCUT2D eigenvalue weighted by molar-refractivity contribution is -0.161. The maximum absolute atomic E-state index is 13.2. The van der Waals surface area contributed by atoms with Crippen molar-refractivity contribution in [3.63, 3.8) is 0 Å². The molecule has 0 spiro atoms. The van der Waals surface area contributed by atoms with Gasteiger partial charge in [-0.25, -0.2) is 8.42 Å². The van der Waals surface area contributed by atoms with Crippen LogP contribution in [0.5, 0.6) is 0 Å². The van der Waals surface area contributed by atoms with Gasteiger partial charge in [-0.05, 0) is 5.56 Å². The maximum atomic E-state index is 13.2. The van der Waals surface area contributed by atoms with E-state index in [4.69, 9.17) is 9.47 Å². The molecule has 0 saturated carbocycles. The average molecular weight is 422 g/mol. The summed E-state index contributed by atoms with van der Waals surface area (Å²) in [7, 11) is -1.00. The van der Waals surface area contributed by atoms with Crippen molar-refractivity contribution >= 4 is 27.6 Å². The van der Waals surface area contributed by atoms with Gasteiger partial charge in [0.05, 0.1) is 5.75 Å². The van der Waals surface area contributed by atoms with Gasteiger partial charge in [0.2, 0.25) is 0 Å². The monoisotopic (exact) mass is 422 g/mol. The van der Waals surface area contributed by atoms with Crippen molar-refractivity contribution < 1.29 is 32.3 Å².